The minimum Gasteiger partial charge on any atom is -0.494 e. The third kappa shape index (κ3) is 6.95. The molecule has 0 bridgehead atoms. The number of carbonyl (C=O) groups excluding carboxylic acids is 1. The highest BCUT2D eigenvalue weighted by atomic mass is 35.5. The van der Waals surface area contributed by atoms with E-state index in [1.54, 1.807) is 36.4 Å². The molecule has 6 nitrogen and oxygen atoms in total. The molecule has 1 amide bonds. The van der Waals surface area contributed by atoms with Gasteiger partial charge in [0.2, 0.25) is 5.91 Å². The number of ether oxygens (including phenoxy) is 1. The second-order valence-electron chi connectivity index (χ2n) is 7.47. The van der Waals surface area contributed by atoms with Gasteiger partial charge in [-0.05, 0) is 86.0 Å². The maximum Gasteiger partial charge on any atom is 0.264 e. The lowest BCUT2D eigenvalue weighted by Crippen LogP contribution is -2.41. The van der Waals surface area contributed by atoms with Crippen LogP contribution in [-0.2, 0) is 21.2 Å². The molecule has 0 aliphatic rings. The van der Waals surface area contributed by atoms with Gasteiger partial charge >= 0.3 is 0 Å². The number of halogens is 2. The summed E-state index contributed by atoms with van der Waals surface area (Å²) in [7, 11) is -4.03. The Morgan fingerprint density at radius 2 is 1.65 bits per heavy atom. The first-order chi connectivity index (χ1) is 16.3. The van der Waals surface area contributed by atoms with Crippen LogP contribution in [0.25, 0.3) is 0 Å². The average Bonchev–Trinajstić information content (AvgIpc) is 2.82. The fraction of sp³-hybridized carbons (Fsp3) is 0.240. The number of anilines is 1. The van der Waals surface area contributed by atoms with Crippen molar-refractivity contribution in [2.45, 2.75) is 24.7 Å². The van der Waals surface area contributed by atoms with Gasteiger partial charge in [-0.15, -0.1) is 0 Å². The van der Waals surface area contributed by atoms with Crippen LogP contribution >= 0.6 is 11.6 Å². The van der Waals surface area contributed by atoms with Gasteiger partial charge in [0.1, 0.15) is 18.1 Å². The molecule has 180 valence electrons. The van der Waals surface area contributed by atoms with Crippen molar-refractivity contribution in [2.24, 2.45) is 0 Å². The van der Waals surface area contributed by atoms with Crippen molar-refractivity contribution in [1.29, 1.82) is 0 Å². The summed E-state index contributed by atoms with van der Waals surface area (Å²) in [5.41, 5.74) is 1.29. The lowest BCUT2D eigenvalue weighted by molar-refractivity contribution is -0.119. The van der Waals surface area contributed by atoms with Gasteiger partial charge in [-0.3, -0.25) is 9.10 Å². The van der Waals surface area contributed by atoms with Crippen LogP contribution in [0.1, 0.15) is 18.9 Å². The van der Waals surface area contributed by atoms with Gasteiger partial charge in [0.25, 0.3) is 10.0 Å². The molecule has 3 aromatic rings. The zero-order chi connectivity index (χ0) is 24.6. The Kier molecular flexibility index (Phi) is 8.90. The van der Waals surface area contributed by atoms with Gasteiger partial charge in [-0.1, -0.05) is 23.7 Å². The number of amides is 1. The Hall–Kier alpha value is -3.10. The molecule has 9 heteroatoms. The third-order valence-electron chi connectivity index (χ3n) is 5.00. The molecule has 0 saturated carbocycles. The Balaban J connectivity index is 1.71. The Morgan fingerprint density at radius 1 is 1.00 bits per heavy atom. The van der Waals surface area contributed by atoms with E-state index in [1.807, 2.05) is 6.92 Å². The van der Waals surface area contributed by atoms with Crippen molar-refractivity contribution < 1.29 is 22.3 Å². The van der Waals surface area contributed by atoms with Crippen LogP contribution in [0, 0.1) is 5.82 Å². The van der Waals surface area contributed by atoms with Gasteiger partial charge in [-0.25, -0.2) is 12.8 Å². The summed E-state index contributed by atoms with van der Waals surface area (Å²) in [4.78, 5) is 12.7. The van der Waals surface area contributed by atoms with E-state index >= 15 is 0 Å². The normalized spacial score (nSPS) is 11.1. The Labute approximate surface area is 204 Å². The van der Waals surface area contributed by atoms with Crippen LogP contribution in [0.2, 0.25) is 5.02 Å². The summed E-state index contributed by atoms with van der Waals surface area (Å²) >= 11 is 5.91. The minimum absolute atomic E-state index is 0.0231. The predicted octanol–water partition coefficient (Wildman–Crippen LogP) is 4.82. The smallest absolute Gasteiger partial charge is 0.264 e. The van der Waals surface area contributed by atoms with Crippen molar-refractivity contribution in [3.8, 4) is 5.75 Å². The summed E-state index contributed by atoms with van der Waals surface area (Å²) in [5, 5.41) is 3.17. The van der Waals surface area contributed by atoms with Crippen molar-refractivity contribution in [2.75, 3.05) is 24.0 Å². The maximum absolute atomic E-state index is 13.4. The lowest BCUT2D eigenvalue weighted by atomic mass is 10.1. The number of hydrogen-bond donors (Lipinski definition) is 1. The first-order valence-corrected chi connectivity index (χ1v) is 12.6. The summed E-state index contributed by atoms with van der Waals surface area (Å²) < 4.78 is 46.3. The molecule has 0 aliphatic heterocycles. The molecule has 0 spiro atoms. The highest BCUT2D eigenvalue weighted by Gasteiger charge is 2.27. The van der Waals surface area contributed by atoms with Gasteiger partial charge in [0.15, 0.2) is 0 Å². The van der Waals surface area contributed by atoms with E-state index in [9.17, 15) is 17.6 Å². The number of nitrogens with zero attached hydrogens (tertiary/aromatic N) is 1. The quantitative estimate of drug-likeness (QED) is 0.380. The second kappa shape index (κ2) is 11.9. The highest BCUT2D eigenvalue weighted by molar-refractivity contribution is 7.92. The van der Waals surface area contributed by atoms with Crippen LogP contribution in [0.5, 0.6) is 5.75 Å². The van der Waals surface area contributed by atoms with Crippen molar-refractivity contribution in [3.63, 3.8) is 0 Å². The van der Waals surface area contributed by atoms with Gasteiger partial charge < -0.3 is 10.1 Å². The van der Waals surface area contributed by atoms with E-state index in [-0.39, 0.29) is 10.7 Å². The van der Waals surface area contributed by atoms with Crippen molar-refractivity contribution in [3.05, 3.63) is 89.2 Å². The van der Waals surface area contributed by atoms with Crippen molar-refractivity contribution >= 4 is 33.2 Å². The molecule has 0 atom stereocenters. The molecule has 0 fully saturated rings. The van der Waals surface area contributed by atoms with Gasteiger partial charge in [0, 0.05) is 11.6 Å². The van der Waals surface area contributed by atoms with Gasteiger partial charge in [-0.2, -0.15) is 0 Å². The zero-order valence-corrected chi connectivity index (χ0v) is 20.3. The molecule has 0 aliphatic carbocycles. The van der Waals surface area contributed by atoms with E-state index in [1.165, 1.54) is 36.4 Å². The first-order valence-electron chi connectivity index (χ1n) is 10.8. The van der Waals surface area contributed by atoms with E-state index in [4.69, 9.17) is 16.3 Å². The predicted molar refractivity (Wildman–Crippen MR) is 131 cm³/mol. The van der Waals surface area contributed by atoms with Crippen LogP contribution in [0.4, 0.5) is 10.1 Å². The van der Waals surface area contributed by atoms with Crippen LogP contribution < -0.4 is 14.4 Å². The molecule has 0 saturated heterocycles. The molecule has 3 aromatic carbocycles. The maximum atomic E-state index is 13.4. The van der Waals surface area contributed by atoms with E-state index < -0.39 is 22.5 Å². The molecule has 0 heterocycles. The third-order valence-corrected chi connectivity index (χ3v) is 7.04. The monoisotopic (exact) mass is 504 g/mol. The Morgan fingerprint density at radius 3 is 2.26 bits per heavy atom. The first kappa shape index (κ1) is 25.5. The van der Waals surface area contributed by atoms with Crippen LogP contribution in [0.3, 0.4) is 0 Å². The molecule has 0 aromatic heterocycles. The zero-order valence-electron chi connectivity index (χ0n) is 18.7. The summed E-state index contributed by atoms with van der Waals surface area (Å²) in [5.74, 6) is -0.140. The second-order valence-corrected chi connectivity index (χ2v) is 9.77. The molecule has 1 N–H and O–H groups in total. The van der Waals surface area contributed by atoms with E-state index in [2.05, 4.69) is 5.32 Å². The topological polar surface area (TPSA) is 75.7 Å². The average molecular weight is 505 g/mol. The fourth-order valence-electron chi connectivity index (χ4n) is 3.28. The van der Waals surface area contributed by atoms with Gasteiger partial charge in [0.05, 0.1) is 17.2 Å². The van der Waals surface area contributed by atoms with E-state index in [0.717, 1.165) is 9.87 Å². The number of rotatable bonds is 11. The van der Waals surface area contributed by atoms with Crippen molar-refractivity contribution in [1.82, 2.24) is 5.32 Å². The number of nitrogens with one attached hydrogen (secondary N) is 1. The SMILES string of the molecule is CCOc1ccc(N(CC(=O)NCCCc2ccc(F)cc2)S(=O)(=O)c2ccc(Cl)cc2)cc1. The van der Waals surface area contributed by atoms with Crippen LogP contribution in [0.15, 0.2) is 77.7 Å². The largest absolute Gasteiger partial charge is 0.494 e. The van der Waals surface area contributed by atoms with Crippen LogP contribution in [-0.4, -0.2) is 34.0 Å². The number of carbonyl (C=O) groups is 1. The minimum atomic E-state index is -4.03. The lowest BCUT2D eigenvalue weighted by Gasteiger charge is -2.24. The summed E-state index contributed by atoms with van der Waals surface area (Å²) in [6.07, 6.45) is 1.29. The standard InChI is InChI=1S/C25H26ClFN2O4S/c1-2-33-23-13-11-22(12-14-23)29(34(31,32)24-15-7-20(26)8-16-24)18-25(30)28-17-3-4-19-5-9-21(27)10-6-19/h5-16H,2-4,17-18H2,1H3,(H,28,30). The molecule has 34 heavy (non-hydrogen) atoms. The number of sulfonamides is 1. The molecule has 3 rings (SSSR count). The summed E-state index contributed by atoms with van der Waals surface area (Å²) in [6, 6.07) is 18.5. The number of aryl methyl sites for hydroxylation is 1. The fourth-order valence-corrected chi connectivity index (χ4v) is 4.83. The summed E-state index contributed by atoms with van der Waals surface area (Å²) in [6.45, 7) is 2.29. The molecular formula is C25H26ClFN2O4S. The molecule has 0 unspecified atom stereocenters. The van der Waals surface area contributed by atoms with E-state index in [0.29, 0.717) is 42.5 Å². The number of benzene rings is 3. The molecular weight excluding hydrogens is 479 g/mol. The Bertz CT molecular complexity index is 1190. The molecule has 0 radical (unpaired) electrons. The highest BCUT2D eigenvalue weighted by Crippen LogP contribution is 2.26. The number of hydrogen-bond acceptors (Lipinski definition) is 4.